The lowest BCUT2D eigenvalue weighted by atomic mass is 10.0. The molecular formula is C9H11N2O2. The Balaban J connectivity index is 2.79. The van der Waals surface area contributed by atoms with Gasteiger partial charge in [-0.2, -0.15) is 0 Å². The molecule has 69 valence electrons. The van der Waals surface area contributed by atoms with E-state index in [1.165, 1.54) is 0 Å². The van der Waals surface area contributed by atoms with E-state index in [9.17, 15) is 9.90 Å². The molecule has 4 N–H and O–H groups in total. The fourth-order valence-corrected chi connectivity index (χ4v) is 1.00. The summed E-state index contributed by atoms with van der Waals surface area (Å²) in [6, 6.07) is 7.42. The Morgan fingerprint density at radius 3 is 2.38 bits per heavy atom. The van der Waals surface area contributed by atoms with Gasteiger partial charge >= 0.3 is 0 Å². The van der Waals surface area contributed by atoms with Crippen LogP contribution in [0.25, 0.3) is 0 Å². The molecule has 1 aromatic carbocycles. The minimum Gasteiger partial charge on any atom is -0.386 e. The molecule has 1 unspecified atom stereocenters. The smallest absolute Gasteiger partial charge is 0.258 e. The van der Waals surface area contributed by atoms with E-state index in [0.717, 1.165) is 0 Å². The average molecular weight is 179 g/mol. The molecule has 0 aliphatic carbocycles. The normalized spacial score (nSPS) is 14.9. The van der Waals surface area contributed by atoms with Gasteiger partial charge in [-0.15, -0.1) is 0 Å². The summed E-state index contributed by atoms with van der Waals surface area (Å²) in [5.41, 5.74) is 12.6. The van der Waals surface area contributed by atoms with Gasteiger partial charge in [-0.1, -0.05) is 30.3 Å². The lowest BCUT2D eigenvalue weighted by Gasteiger charge is -2.14. The summed E-state index contributed by atoms with van der Waals surface area (Å²) >= 11 is 0. The first-order valence-electron chi connectivity index (χ1n) is 3.87. The average Bonchev–Trinajstić information content (AvgIpc) is 2.17. The number of amides is 1. The first-order valence-corrected chi connectivity index (χ1v) is 3.87. The highest BCUT2D eigenvalue weighted by atomic mass is 16.3. The standard InChI is InChI=1S/C9H11N2O2/c10-7(9(11)13)8(12)6-4-2-1-3-5-6/h1-5,7-8,11-12H,10H2/t7-,8?/m0/s1. The molecule has 4 nitrogen and oxygen atoms in total. The van der Waals surface area contributed by atoms with Gasteiger partial charge < -0.3 is 10.8 Å². The molecule has 0 aliphatic rings. The van der Waals surface area contributed by atoms with Gasteiger partial charge in [0, 0.05) is 0 Å². The second kappa shape index (κ2) is 4.02. The third-order valence-corrected chi connectivity index (χ3v) is 1.78. The molecule has 1 radical (unpaired) electrons. The number of carbonyl (C=O) groups excluding carboxylic acids is 1. The number of nitrogens with one attached hydrogen (secondary N) is 1. The summed E-state index contributed by atoms with van der Waals surface area (Å²) in [5.74, 6) is -0.962. The van der Waals surface area contributed by atoms with Gasteiger partial charge in [0.2, 0.25) is 0 Å². The lowest BCUT2D eigenvalue weighted by Crippen LogP contribution is -2.37. The Kier molecular flexibility index (Phi) is 3.00. The molecule has 2 atom stereocenters. The topological polar surface area (TPSA) is 87.1 Å². The zero-order chi connectivity index (χ0) is 9.84. The zero-order valence-corrected chi connectivity index (χ0v) is 6.97. The number of benzene rings is 1. The van der Waals surface area contributed by atoms with Crippen LogP contribution >= 0.6 is 0 Å². The van der Waals surface area contributed by atoms with Crippen molar-refractivity contribution in [3.05, 3.63) is 35.9 Å². The number of hydrogen-bond donors (Lipinski definition) is 2. The van der Waals surface area contributed by atoms with Crippen LogP contribution in [0.4, 0.5) is 0 Å². The number of aliphatic hydroxyl groups is 1. The monoisotopic (exact) mass is 179 g/mol. The maximum atomic E-state index is 10.5. The molecule has 0 spiro atoms. The minimum atomic E-state index is -1.16. The molecule has 4 heteroatoms. The summed E-state index contributed by atoms with van der Waals surface area (Å²) < 4.78 is 0. The molecule has 0 heterocycles. The van der Waals surface area contributed by atoms with Crippen LogP contribution in [-0.4, -0.2) is 17.1 Å². The van der Waals surface area contributed by atoms with E-state index in [0.29, 0.717) is 5.56 Å². The molecular weight excluding hydrogens is 168 g/mol. The van der Waals surface area contributed by atoms with Crippen molar-refractivity contribution in [1.82, 2.24) is 5.73 Å². The van der Waals surface area contributed by atoms with Crippen molar-refractivity contribution in [1.29, 1.82) is 0 Å². The molecule has 0 fully saturated rings. The van der Waals surface area contributed by atoms with Crippen molar-refractivity contribution in [3.63, 3.8) is 0 Å². The maximum absolute atomic E-state index is 10.5. The molecule has 0 saturated heterocycles. The molecule has 0 aromatic heterocycles. The maximum Gasteiger partial charge on any atom is 0.258 e. The van der Waals surface area contributed by atoms with Crippen LogP contribution in [0.3, 0.4) is 0 Å². The van der Waals surface area contributed by atoms with Gasteiger partial charge in [-0.3, -0.25) is 10.5 Å². The van der Waals surface area contributed by atoms with Crippen LogP contribution in [0.1, 0.15) is 11.7 Å². The van der Waals surface area contributed by atoms with Crippen LogP contribution in [-0.2, 0) is 4.79 Å². The largest absolute Gasteiger partial charge is 0.386 e. The van der Waals surface area contributed by atoms with Gasteiger partial charge in [0.25, 0.3) is 5.91 Å². The van der Waals surface area contributed by atoms with Crippen LogP contribution in [0.15, 0.2) is 30.3 Å². The second-order valence-electron chi connectivity index (χ2n) is 2.75. The molecule has 0 bridgehead atoms. The summed E-state index contributed by atoms with van der Waals surface area (Å²) in [6.07, 6.45) is -1.09. The highest BCUT2D eigenvalue weighted by Crippen LogP contribution is 2.14. The van der Waals surface area contributed by atoms with Crippen LogP contribution in [0.5, 0.6) is 0 Å². The lowest BCUT2D eigenvalue weighted by molar-refractivity contribution is -0.122. The molecule has 1 aromatic rings. The molecule has 1 amide bonds. The van der Waals surface area contributed by atoms with Gasteiger partial charge in [-0.25, -0.2) is 0 Å². The van der Waals surface area contributed by atoms with Crippen molar-refractivity contribution in [3.8, 4) is 0 Å². The van der Waals surface area contributed by atoms with Gasteiger partial charge in [0.1, 0.15) is 12.1 Å². The van der Waals surface area contributed by atoms with Crippen LogP contribution in [0.2, 0.25) is 0 Å². The third kappa shape index (κ3) is 2.27. The van der Waals surface area contributed by atoms with Crippen molar-refractivity contribution >= 4 is 5.91 Å². The van der Waals surface area contributed by atoms with Crippen molar-refractivity contribution in [2.45, 2.75) is 12.1 Å². The van der Waals surface area contributed by atoms with Crippen molar-refractivity contribution < 1.29 is 9.90 Å². The first kappa shape index (κ1) is 9.70. The van der Waals surface area contributed by atoms with E-state index in [-0.39, 0.29) is 0 Å². The zero-order valence-electron chi connectivity index (χ0n) is 6.97. The van der Waals surface area contributed by atoms with E-state index in [1.807, 2.05) is 0 Å². The molecule has 0 saturated carbocycles. The molecule has 13 heavy (non-hydrogen) atoms. The number of hydrogen-bond acceptors (Lipinski definition) is 3. The second-order valence-corrected chi connectivity index (χ2v) is 2.75. The van der Waals surface area contributed by atoms with Gasteiger partial charge in [0.15, 0.2) is 0 Å². The first-order chi connectivity index (χ1) is 6.13. The molecule has 1 rings (SSSR count). The Labute approximate surface area is 76.2 Å². The predicted octanol–water partition coefficient (Wildman–Crippen LogP) is -0.143. The van der Waals surface area contributed by atoms with E-state index in [2.05, 4.69) is 0 Å². The van der Waals surface area contributed by atoms with Crippen LogP contribution < -0.4 is 11.5 Å². The van der Waals surface area contributed by atoms with E-state index in [4.69, 9.17) is 11.5 Å². The van der Waals surface area contributed by atoms with Crippen LogP contribution in [0, 0.1) is 0 Å². The number of rotatable bonds is 3. The fourth-order valence-electron chi connectivity index (χ4n) is 1.00. The Hall–Kier alpha value is -1.39. The highest BCUT2D eigenvalue weighted by molar-refractivity contribution is 5.79. The quantitative estimate of drug-likeness (QED) is 0.676. The third-order valence-electron chi connectivity index (χ3n) is 1.78. The Morgan fingerprint density at radius 2 is 1.92 bits per heavy atom. The van der Waals surface area contributed by atoms with E-state index < -0.39 is 18.1 Å². The number of carbonyl (C=O) groups is 1. The summed E-state index contributed by atoms with van der Waals surface area (Å²) in [4.78, 5) is 10.5. The Morgan fingerprint density at radius 1 is 1.38 bits per heavy atom. The SMILES string of the molecule is [NH]C(=O)[C@@H](N)C(O)c1ccccc1. The highest BCUT2D eigenvalue weighted by Gasteiger charge is 2.21. The predicted molar refractivity (Wildman–Crippen MR) is 47.5 cm³/mol. The van der Waals surface area contributed by atoms with Crippen molar-refractivity contribution in [2.24, 2.45) is 5.73 Å². The van der Waals surface area contributed by atoms with E-state index in [1.54, 1.807) is 30.3 Å². The number of aliphatic hydroxyl groups excluding tert-OH is 1. The number of nitrogens with two attached hydrogens (primary N) is 1. The molecule has 0 aliphatic heterocycles. The summed E-state index contributed by atoms with van der Waals surface area (Å²) in [7, 11) is 0. The summed E-state index contributed by atoms with van der Waals surface area (Å²) in [6.45, 7) is 0. The minimum absolute atomic E-state index is 0.551. The fraction of sp³-hybridized carbons (Fsp3) is 0.222. The summed E-state index contributed by atoms with van der Waals surface area (Å²) in [5, 5.41) is 9.49. The Bertz CT molecular complexity index is 287. The van der Waals surface area contributed by atoms with Gasteiger partial charge in [0.05, 0.1) is 0 Å². The van der Waals surface area contributed by atoms with Gasteiger partial charge in [-0.05, 0) is 5.56 Å². The van der Waals surface area contributed by atoms with E-state index >= 15 is 0 Å². The van der Waals surface area contributed by atoms with Crippen molar-refractivity contribution in [2.75, 3.05) is 0 Å².